The lowest BCUT2D eigenvalue weighted by molar-refractivity contribution is -0.0861. The second-order valence-corrected chi connectivity index (χ2v) is 7.24. The van der Waals surface area contributed by atoms with E-state index in [1.54, 1.807) is 0 Å². The molecule has 2 aromatic rings. The van der Waals surface area contributed by atoms with Crippen molar-refractivity contribution in [2.45, 2.75) is 50.7 Å². The minimum atomic E-state index is -0.459. The Morgan fingerprint density at radius 2 is 1.96 bits per heavy atom. The molecule has 25 heavy (non-hydrogen) atoms. The number of rotatable bonds is 5. The number of primary amides is 1. The number of aromatic nitrogens is 2. The molecule has 2 fully saturated rings. The molecule has 0 spiro atoms. The van der Waals surface area contributed by atoms with Gasteiger partial charge < -0.3 is 10.5 Å². The Morgan fingerprint density at radius 3 is 2.64 bits per heavy atom. The fourth-order valence-electron chi connectivity index (χ4n) is 4.42. The summed E-state index contributed by atoms with van der Waals surface area (Å²) in [6.45, 7) is 4.96. The minimum Gasteiger partial charge on any atom is -0.378 e. The first-order valence-corrected chi connectivity index (χ1v) is 9.29. The number of ether oxygens (including phenoxy) is 1. The number of benzene rings is 1. The summed E-state index contributed by atoms with van der Waals surface area (Å²) in [6.07, 6.45) is 4.45. The Morgan fingerprint density at radius 1 is 1.24 bits per heavy atom. The summed E-state index contributed by atoms with van der Waals surface area (Å²) in [6, 6.07) is 9.04. The zero-order valence-electron chi connectivity index (χ0n) is 14.7. The molecule has 2 aliphatic rings. The second kappa shape index (κ2) is 6.77. The van der Waals surface area contributed by atoms with Crippen LogP contribution in [0.4, 0.5) is 0 Å². The Hall–Kier alpha value is -1.92. The highest BCUT2D eigenvalue weighted by Gasteiger charge is 2.40. The number of para-hydroxylation sites is 1. The van der Waals surface area contributed by atoms with Crippen molar-refractivity contribution < 1.29 is 9.53 Å². The van der Waals surface area contributed by atoms with Gasteiger partial charge in [-0.3, -0.25) is 14.4 Å². The third kappa shape index (κ3) is 2.93. The molecule has 0 saturated carbocycles. The maximum atomic E-state index is 11.8. The van der Waals surface area contributed by atoms with Crippen LogP contribution in [0.25, 0.3) is 10.9 Å². The molecule has 2 unspecified atom stereocenters. The Labute approximate surface area is 147 Å². The fourth-order valence-corrected chi connectivity index (χ4v) is 4.42. The molecule has 2 aliphatic heterocycles. The largest absolute Gasteiger partial charge is 0.378 e. The number of unbranched alkanes of at least 4 members (excludes halogenated alkanes) is 1. The van der Waals surface area contributed by atoms with Crippen LogP contribution in [0.1, 0.15) is 49.1 Å². The Bertz CT molecular complexity index is 758. The lowest BCUT2D eigenvalue weighted by Gasteiger charge is -2.48. The molecule has 1 aromatic carbocycles. The van der Waals surface area contributed by atoms with Crippen LogP contribution in [0.2, 0.25) is 0 Å². The summed E-state index contributed by atoms with van der Waals surface area (Å²) in [5.41, 5.74) is 6.93. The van der Waals surface area contributed by atoms with Crippen LogP contribution in [0.15, 0.2) is 24.3 Å². The quantitative estimate of drug-likeness (QED) is 0.905. The molecule has 0 radical (unpaired) electrons. The lowest BCUT2D eigenvalue weighted by atomic mass is 9.89. The third-order valence-electron chi connectivity index (χ3n) is 5.61. The molecular weight excluding hydrogens is 316 g/mol. The summed E-state index contributed by atoms with van der Waals surface area (Å²) in [7, 11) is 0. The summed E-state index contributed by atoms with van der Waals surface area (Å²) in [5, 5.41) is 5.46. The third-order valence-corrected chi connectivity index (χ3v) is 5.61. The molecule has 2 atom stereocenters. The molecule has 2 bridgehead atoms. The number of nitrogens with zero attached hydrogens (tertiary/aromatic N) is 3. The molecule has 2 saturated heterocycles. The molecule has 0 aliphatic carbocycles. The number of morpholine rings is 1. The molecule has 6 heteroatoms. The Balaban J connectivity index is 1.65. The molecule has 1 aromatic heterocycles. The van der Waals surface area contributed by atoms with Crippen LogP contribution in [-0.2, 0) is 4.74 Å². The van der Waals surface area contributed by atoms with E-state index < -0.39 is 5.91 Å². The number of nitrogens with two attached hydrogens (primary N) is 1. The second-order valence-electron chi connectivity index (χ2n) is 7.24. The highest BCUT2D eigenvalue weighted by atomic mass is 16.5. The molecule has 2 N–H and O–H groups in total. The normalized spacial score (nSPS) is 26.8. The van der Waals surface area contributed by atoms with Gasteiger partial charge in [-0.05, 0) is 31.9 Å². The van der Waals surface area contributed by atoms with Gasteiger partial charge in [0, 0.05) is 17.5 Å². The van der Waals surface area contributed by atoms with Gasteiger partial charge in [0.05, 0.1) is 24.8 Å². The standard InChI is InChI=1S/C19H26N4O2/c1-2-3-8-22-14-9-13(10-15(22)12-25-11-14)23-17-7-5-4-6-16(17)18(21-23)19(20)24/h4-7,13-15H,2-3,8-12H2,1H3,(H2,20,24). The monoisotopic (exact) mass is 342 g/mol. The highest BCUT2D eigenvalue weighted by molar-refractivity contribution is 6.04. The van der Waals surface area contributed by atoms with Crippen molar-refractivity contribution in [1.29, 1.82) is 0 Å². The summed E-state index contributed by atoms with van der Waals surface area (Å²) in [4.78, 5) is 14.4. The average Bonchev–Trinajstić information content (AvgIpc) is 2.99. The number of piperidine rings is 1. The Kier molecular flexibility index (Phi) is 4.48. The lowest BCUT2D eigenvalue weighted by Crippen LogP contribution is -2.57. The molecule has 1 amide bonds. The van der Waals surface area contributed by atoms with Gasteiger partial charge in [-0.2, -0.15) is 5.10 Å². The van der Waals surface area contributed by atoms with E-state index in [2.05, 4.69) is 16.9 Å². The van der Waals surface area contributed by atoms with E-state index in [-0.39, 0.29) is 6.04 Å². The van der Waals surface area contributed by atoms with Crippen LogP contribution in [0.5, 0.6) is 0 Å². The van der Waals surface area contributed by atoms with Crippen molar-refractivity contribution in [2.24, 2.45) is 5.73 Å². The zero-order chi connectivity index (χ0) is 17.4. The molecule has 3 heterocycles. The maximum absolute atomic E-state index is 11.8. The van der Waals surface area contributed by atoms with Crippen molar-refractivity contribution in [2.75, 3.05) is 19.8 Å². The van der Waals surface area contributed by atoms with Gasteiger partial charge in [-0.1, -0.05) is 31.5 Å². The zero-order valence-corrected chi connectivity index (χ0v) is 14.7. The van der Waals surface area contributed by atoms with E-state index in [1.807, 2.05) is 28.9 Å². The van der Waals surface area contributed by atoms with E-state index in [0.29, 0.717) is 17.8 Å². The number of amides is 1. The predicted octanol–water partition coefficient (Wildman–Crippen LogP) is 2.34. The van der Waals surface area contributed by atoms with Gasteiger partial charge in [0.1, 0.15) is 0 Å². The number of hydrogen-bond donors (Lipinski definition) is 1. The topological polar surface area (TPSA) is 73.4 Å². The van der Waals surface area contributed by atoms with Crippen molar-refractivity contribution >= 4 is 16.8 Å². The van der Waals surface area contributed by atoms with Crippen molar-refractivity contribution in [3.05, 3.63) is 30.0 Å². The number of carbonyl (C=O) groups excluding carboxylic acids is 1. The van der Waals surface area contributed by atoms with E-state index in [1.165, 1.54) is 12.8 Å². The first kappa shape index (κ1) is 16.5. The smallest absolute Gasteiger partial charge is 0.269 e. The maximum Gasteiger partial charge on any atom is 0.269 e. The fraction of sp³-hybridized carbons (Fsp3) is 0.579. The van der Waals surface area contributed by atoms with Crippen LogP contribution in [0, 0.1) is 0 Å². The number of carbonyl (C=O) groups is 1. The number of fused-ring (bicyclic) bond motifs is 3. The highest BCUT2D eigenvalue weighted by Crippen LogP contribution is 2.36. The average molecular weight is 342 g/mol. The van der Waals surface area contributed by atoms with Gasteiger partial charge in [-0.15, -0.1) is 0 Å². The van der Waals surface area contributed by atoms with Crippen LogP contribution < -0.4 is 5.73 Å². The minimum absolute atomic E-state index is 0.287. The SMILES string of the molecule is CCCCN1C2COCC1CC(n1nc(C(N)=O)c3ccccc31)C2. The van der Waals surface area contributed by atoms with Crippen molar-refractivity contribution in [3.8, 4) is 0 Å². The van der Waals surface area contributed by atoms with Crippen LogP contribution in [-0.4, -0.2) is 52.4 Å². The predicted molar refractivity (Wildman–Crippen MR) is 96.5 cm³/mol. The summed E-state index contributed by atoms with van der Waals surface area (Å²) < 4.78 is 7.86. The van der Waals surface area contributed by atoms with E-state index >= 15 is 0 Å². The molecule has 6 nitrogen and oxygen atoms in total. The van der Waals surface area contributed by atoms with Gasteiger partial charge in [0.15, 0.2) is 5.69 Å². The van der Waals surface area contributed by atoms with Gasteiger partial charge in [0.2, 0.25) is 0 Å². The van der Waals surface area contributed by atoms with Gasteiger partial charge in [0.25, 0.3) is 5.91 Å². The van der Waals surface area contributed by atoms with Crippen LogP contribution in [0.3, 0.4) is 0 Å². The summed E-state index contributed by atoms with van der Waals surface area (Å²) >= 11 is 0. The van der Waals surface area contributed by atoms with E-state index in [9.17, 15) is 4.79 Å². The first-order valence-electron chi connectivity index (χ1n) is 9.29. The molecule has 134 valence electrons. The van der Waals surface area contributed by atoms with Crippen molar-refractivity contribution in [1.82, 2.24) is 14.7 Å². The first-order chi connectivity index (χ1) is 12.2. The number of hydrogen-bond acceptors (Lipinski definition) is 4. The summed E-state index contributed by atoms with van der Waals surface area (Å²) in [5.74, 6) is -0.459. The van der Waals surface area contributed by atoms with E-state index in [0.717, 1.165) is 43.5 Å². The van der Waals surface area contributed by atoms with Gasteiger partial charge >= 0.3 is 0 Å². The van der Waals surface area contributed by atoms with Crippen LogP contribution >= 0.6 is 0 Å². The van der Waals surface area contributed by atoms with E-state index in [4.69, 9.17) is 10.5 Å². The molecular formula is C19H26N4O2. The van der Waals surface area contributed by atoms with Gasteiger partial charge in [-0.25, -0.2) is 0 Å². The molecule has 4 rings (SSSR count). The van der Waals surface area contributed by atoms with Crippen molar-refractivity contribution in [3.63, 3.8) is 0 Å².